The summed E-state index contributed by atoms with van der Waals surface area (Å²) in [5.41, 5.74) is 0.934. The highest BCUT2D eigenvalue weighted by atomic mass is 32.2. The van der Waals surface area contributed by atoms with Crippen LogP contribution in [0.4, 0.5) is 5.13 Å². The Morgan fingerprint density at radius 2 is 1.86 bits per heavy atom. The molecule has 0 spiro atoms. The number of nitrogens with zero attached hydrogens (tertiary/aromatic N) is 2. The van der Waals surface area contributed by atoms with Crippen molar-refractivity contribution in [1.82, 2.24) is 10.2 Å². The van der Waals surface area contributed by atoms with E-state index in [4.69, 9.17) is 0 Å². The van der Waals surface area contributed by atoms with Gasteiger partial charge in [0.1, 0.15) is 5.01 Å². The molecule has 0 bridgehead atoms. The Balaban J connectivity index is 1.70. The summed E-state index contributed by atoms with van der Waals surface area (Å²) in [5, 5.41) is 12.1. The number of rotatable bonds is 8. The van der Waals surface area contributed by atoms with Crippen LogP contribution in [0.3, 0.4) is 0 Å². The first kappa shape index (κ1) is 20.2. The van der Waals surface area contributed by atoms with Crippen molar-refractivity contribution in [2.45, 2.75) is 36.8 Å². The van der Waals surface area contributed by atoms with Crippen LogP contribution in [0, 0.1) is 0 Å². The molecule has 2 aromatic carbocycles. The van der Waals surface area contributed by atoms with Crippen LogP contribution in [0.5, 0.6) is 0 Å². The number of benzene rings is 2. The molecule has 0 aliphatic carbocycles. The molecular formula is C20H21N3O3S2. The average molecular weight is 416 g/mol. The molecule has 3 rings (SSSR count). The second-order valence-corrected chi connectivity index (χ2v) is 9.38. The Labute approximate surface area is 168 Å². The number of amides is 1. The van der Waals surface area contributed by atoms with E-state index in [0.717, 1.165) is 24.3 Å². The highest BCUT2D eigenvalue weighted by molar-refractivity contribution is 7.90. The molecular weight excluding hydrogens is 394 g/mol. The Hall–Kier alpha value is -2.58. The molecule has 0 saturated carbocycles. The monoisotopic (exact) mass is 415 g/mol. The first-order valence-corrected chi connectivity index (χ1v) is 11.5. The number of aryl methyl sites for hydroxylation is 1. The molecule has 0 atom stereocenters. The van der Waals surface area contributed by atoms with Crippen LogP contribution >= 0.6 is 11.3 Å². The molecule has 1 amide bonds. The van der Waals surface area contributed by atoms with Gasteiger partial charge in [0.25, 0.3) is 5.91 Å². The number of aromatic nitrogens is 2. The third-order valence-electron chi connectivity index (χ3n) is 4.08. The third kappa shape index (κ3) is 5.24. The maximum Gasteiger partial charge on any atom is 0.257 e. The normalized spacial score (nSPS) is 11.3. The van der Waals surface area contributed by atoms with Gasteiger partial charge in [-0.2, -0.15) is 0 Å². The summed E-state index contributed by atoms with van der Waals surface area (Å²) in [7, 11) is -3.47. The van der Waals surface area contributed by atoms with E-state index in [-0.39, 0.29) is 16.6 Å². The quantitative estimate of drug-likeness (QED) is 0.598. The largest absolute Gasteiger partial charge is 0.296 e. The SMILES string of the molecule is CCCCc1nnc(NC(=O)c2cccc(CS(=O)(=O)c3ccccc3)c2)s1. The van der Waals surface area contributed by atoms with Gasteiger partial charge in [-0.3, -0.25) is 10.1 Å². The lowest BCUT2D eigenvalue weighted by Gasteiger charge is -2.07. The van der Waals surface area contributed by atoms with Crippen LogP contribution in [-0.2, 0) is 22.0 Å². The number of unbranched alkanes of at least 4 members (excludes halogenated alkanes) is 1. The number of nitrogens with one attached hydrogen (secondary N) is 1. The van der Waals surface area contributed by atoms with Gasteiger partial charge in [-0.05, 0) is 36.2 Å². The zero-order valence-electron chi connectivity index (χ0n) is 15.5. The van der Waals surface area contributed by atoms with E-state index in [1.165, 1.54) is 11.3 Å². The molecule has 0 saturated heterocycles. The summed E-state index contributed by atoms with van der Waals surface area (Å²) in [6.07, 6.45) is 2.94. The smallest absolute Gasteiger partial charge is 0.257 e. The molecule has 1 N–H and O–H groups in total. The van der Waals surface area contributed by atoms with Crippen LogP contribution in [0.15, 0.2) is 59.5 Å². The Morgan fingerprint density at radius 1 is 1.07 bits per heavy atom. The standard InChI is InChI=1S/C20H21N3O3S2/c1-2-3-12-18-22-23-20(27-18)21-19(24)16-9-7-8-15(13-16)14-28(25,26)17-10-5-4-6-11-17/h4-11,13H,2-3,12,14H2,1H3,(H,21,23,24). The molecule has 0 aliphatic heterocycles. The van der Waals surface area contributed by atoms with Gasteiger partial charge in [-0.15, -0.1) is 10.2 Å². The Kier molecular flexibility index (Phi) is 6.53. The van der Waals surface area contributed by atoms with Gasteiger partial charge in [-0.1, -0.05) is 55.0 Å². The Bertz CT molecular complexity index is 1050. The van der Waals surface area contributed by atoms with Gasteiger partial charge >= 0.3 is 0 Å². The number of hydrogen-bond donors (Lipinski definition) is 1. The molecule has 1 aromatic heterocycles. The van der Waals surface area contributed by atoms with E-state index in [2.05, 4.69) is 22.4 Å². The van der Waals surface area contributed by atoms with Crippen LogP contribution < -0.4 is 5.32 Å². The summed E-state index contributed by atoms with van der Waals surface area (Å²) >= 11 is 1.36. The van der Waals surface area contributed by atoms with Crippen molar-refractivity contribution >= 4 is 32.2 Å². The number of anilines is 1. The summed E-state index contributed by atoms with van der Waals surface area (Å²) in [6.45, 7) is 2.11. The number of carbonyl (C=O) groups excluding carboxylic acids is 1. The zero-order chi connectivity index (χ0) is 20.0. The maximum absolute atomic E-state index is 12.5. The summed E-state index contributed by atoms with van der Waals surface area (Å²) in [5.74, 6) is -0.505. The summed E-state index contributed by atoms with van der Waals surface area (Å²) < 4.78 is 25.1. The van der Waals surface area contributed by atoms with Crippen LogP contribution in [0.25, 0.3) is 0 Å². The fourth-order valence-electron chi connectivity index (χ4n) is 2.64. The van der Waals surface area contributed by atoms with Gasteiger partial charge < -0.3 is 0 Å². The zero-order valence-corrected chi connectivity index (χ0v) is 17.1. The predicted octanol–water partition coefficient (Wildman–Crippen LogP) is 4.11. The molecule has 6 nitrogen and oxygen atoms in total. The van der Waals surface area contributed by atoms with Gasteiger partial charge in [0, 0.05) is 12.0 Å². The van der Waals surface area contributed by atoms with Crippen molar-refractivity contribution in [1.29, 1.82) is 0 Å². The lowest BCUT2D eigenvalue weighted by atomic mass is 10.1. The molecule has 1 heterocycles. The first-order chi connectivity index (χ1) is 13.5. The predicted molar refractivity (Wildman–Crippen MR) is 110 cm³/mol. The van der Waals surface area contributed by atoms with E-state index >= 15 is 0 Å². The first-order valence-electron chi connectivity index (χ1n) is 8.98. The Morgan fingerprint density at radius 3 is 2.61 bits per heavy atom. The number of sulfone groups is 1. The number of hydrogen-bond acceptors (Lipinski definition) is 6. The lowest BCUT2D eigenvalue weighted by molar-refractivity contribution is 0.102. The van der Waals surface area contributed by atoms with Crippen LogP contribution in [0.1, 0.15) is 40.7 Å². The molecule has 8 heteroatoms. The van der Waals surface area contributed by atoms with E-state index in [9.17, 15) is 13.2 Å². The minimum Gasteiger partial charge on any atom is -0.296 e. The van der Waals surface area contributed by atoms with Crippen molar-refractivity contribution in [3.63, 3.8) is 0 Å². The minimum absolute atomic E-state index is 0.169. The van der Waals surface area contributed by atoms with E-state index in [1.807, 2.05) is 0 Å². The number of carbonyl (C=O) groups is 1. The molecule has 3 aromatic rings. The molecule has 146 valence electrons. The van der Waals surface area contributed by atoms with Crippen LogP contribution in [0.2, 0.25) is 0 Å². The maximum atomic E-state index is 12.5. The van der Waals surface area contributed by atoms with Crippen molar-refractivity contribution in [2.24, 2.45) is 0 Å². The van der Waals surface area contributed by atoms with E-state index < -0.39 is 9.84 Å². The fraction of sp³-hybridized carbons (Fsp3) is 0.250. The molecule has 0 unspecified atom stereocenters. The summed E-state index contributed by atoms with van der Waals surface area (Å²) in [4.78, 5) is 12.8. The molecule has 0 fully saturated rings. The molecule has 28 heavy (non-hydrogen) atoms. The van der Waals surface area contributed by atoms with Gasteiger partial charge in [0.15, 0.2) is 9.84 Å². The highest BCUT2D eigenvalue weighted by Gasteiger charge is 2.16. The van der Waals surface area contributed by atoms with Crippen molar-refractivity contribution in [3.05, 3.63) is 70.7 Å². The molecule has 0 radical (unpaired) electrons. The van der Waals surface area contributed by atoms with Crippen molar-refractivity contribution < 1.29 is 13.2 Å². The second-order valence-electron chi connectivity index (χ2n) is 6.33. The minimum atomic E-state index is -3.47. The molecule has 0 aliphatic rings. The second kappa shape index (κ2) is 9.07. The lowest BCUT2D eigenvalue weighted by Crippen LogP contribution is -2.12. The fourth-order valence-corrected chi connectivity index (χ4v) is 4.77. The van der Waals surface area contributed by atoms with Crippen molar-refractivity contribution in [3.8, 4) is 0 Å². The van der Waals surface area contributed by atoms with Crippen molar-refractivity contribution in [2.75, 3.05) is 5.32 Å². The van der Waals surface area contributed by atoms with Gasteiger partial charge in [-0.25, -0.2) is 8.42 Å². The average Bonchev–Trinajstić information content (AvgIpc) is 3.14. The van der Waals surface area contributed by atoms with Crippen LogP contribution in [-0.4, -0.2) is 24.5 Å². The van der Waals surface area contributed by atoms with E-state index in [1.54, 1.807) is 54.6 Å². The van der Waals surface area contributed by atoms with E-state index in [0.29, 0.717) is 16.3 Å². The third-order valence-corrected chi connectivity index (χ3v) is 6.68. The highest BCUT2D eigenvalue weighted by Crippen LogP contribution is 2.20. The summed E-state index contributed by atoms with van der Waals surface area (Å²) in [6, 6.07) is 14.9. The van der Waals surface area contributed by atoms with Gasteiger partial charge in [0.05, 0.1) is 10.6 Å². The topological polar surface area (TPSA) is 89.0 Å². The van der Waals surface area contributed by atoms with Gasteiger partial charge in [0.2, 0.25) is 5.13 Å².